The Morgan fingerprint density at radius 1 is 1.35 bits per heavy atom. The first-order valence-corrected chi connectivity index (χ1v) is 8.27. The standard InChI is InChI=1S/C13H24N2O4S/c1-15(11-9-19-8-10(11)12(16)17)13(18)14-6-4-3-5-7-20-2/h10-11H,3-9H2,1-2H3,(H,14,18)(H,16,17). The van der Waals surface area contributed by atoms with Gasteiger partial charge in [-0.15, -0.1) is 0 Å². The highest BCUT2D eigenvalue weighted by molar-refractivity contribution is 7.98. The molecule has 1 heterocycles. The minimum Gasteiger partial charge on any atom is -0.481 e. The summed E-state index contributed by atoms with van der Waals surface area (Å²) in [5, 5.41) is 11.9. The van der Waals surface area contributed by atoms with Crippen LogP contribution in [0, 0.1) is 5.92 Å². The van der Waals surface area contributed by atoms with Crippen LogP contribution >= 0.6 is 11.8 Å². The van der Waals surface area contributed by atoms with E-state index in [1.807, 2.05) is 11.8 Å². The zero-order valence-electron chi connectivity index (χ0n) is 12.1. The third-order valence-corrected chi connectivity index (χ3v) is 4.18. The summed E-state index contributed by atoms with van der Waals surface area (Å²) in [6, 6.07) is -0.611. The van der Waals surface area contributed by atoms with Crippen molar-refractivity contribution in [3.8, 4) is 0 Å². The average molecular weight is 304 g/mol. The van der Waals surface area contributed by atoms with Crippen LogP contribution < -0.4 is 5.32 Å². The van der Waals surface area contributed by atoms with Gasteiger partial charge in [-0.05, 0) is 24.9 Å². The smallest absolute Gasteiger partial charge is 0.317 e. The van der Waals surface area contributed by atoms with Gasteiger partial charge in [-0.1, -0.05) is 6.42 Å². The normalized spacial score (nSPS) is 21.7. The molecule has 1 aliphatic heterocycles. The predicted molar refractivity (Wildman–Crippen MR) is 79.1 cm³/mol. The predicted octanol–water partition coefficient (Wildman–Crippen LogP) is 1.26. The van der Waals surface area contributed by atoms with Crippen LogP contribution in [0.15, 0.2) is 0 Å². The van der Waals surface area contributed by atoms with Crippen molar-refractivity contribution in [2.75, 3.05) is 38.8 Å². The Balaban J connectivity index is 2.26. The van der Waals surface area contributed by atoms with Crippen LogP contribution in [0.25, 0.3) is 0 Å². The Hall–Kier alpha value is -0.950. The van der Waals surface area contributed by atoms with Crippen molar-refractivity contribution in [2.24, 2.45) is 5.92 Å². The van der Waals surface area contributed by atoms with Crippen LogP contribution in [-0.2, 0) is 9.53 Å². The summed E-state index contributed by atoms with van der Waals surface area (Å²) < 4.78 is 5.17. The molecule has 0 aromatic rings. The van der Waals surface area contributed by atoms with Crippen LogP contribution in [0.1, 0.15) is 19.3 Å². The number of ether oxygens (including phenoxy) is 1. The molecule has 1 aliphatic rings. The van der Waals surface area contributed by atoms with Gasteiger partial charge in [0, 0.05) is 13.6 Å². The first kappa shape index (κ1) is 17.1. The number of hydrogen-bond acceptors (Lipinski definition) is 4. The van der Waals surface area contributed by atoms with Crippen molar-refractivity contribution in [2.45, 2.75) is 25.3 Å². The number of aliphatic carboxylic acids is 1. The number of nitrogens with one attached hydrogen (secondary N) is 1. The van der Waals surface area contributed by atoms with E-state index in [9.17, 15) is 9.59 Å². The first-order chi connectivity index (χ1) is 9.57. The number of carbonyl (C=O) groups is 2. The number of urea groups is 1. The van der Waals surface area contributed by atoms with Gasteiger partial charge in [0.15, 0.2) is 0 Å². The lowest BCUT2D eigenvalue weighted by Gasteiger charge is -2.26. The molecule has 1 rings (SSSR count). The van der Waals surface area contributed by atoms with E-state index in [-0.39, 0.29) is 25.3 Å². The van der Waals surface area contributed by atoms with E-state index in [1.165, 1.54) is 4.90 Å². The molecule has 0 aromatic heterocycles. The number of nitrogens with zero attached hydrogens (tertiary/aromatic N) is 1. The SMILES string of the molecule is CSCCCCCNC(=O)N(C)C1COCC1C(=O)O. The van der Waals surface area contributed by atoms with Gasteiger partial charge < -0.3 is 20.1 Å². The molecule has 7 heteroatoms. The Morgan fingerprint density at radius 3 is 2.75 bits per heavy atom. The average Bonchev–Trinajstić information content (AvgIpc) is 2.91. The Morgan fingerprint density at radius 2 is 2.10 bits per heavy atom. The van der Waals surface area contributed by atoms with Gasteiger partial charge in [-0.3, -0.25) is 4.79 Å². The maximum atomic E-state index is 11.9. The van der Waals surface area contributed by atoms with Gasteiger partial charge in [-0.2, -0.15) is 11.8 Å². The molecule has 0 spiro atoms. The van der Waals surface area contributed by atoms with Crippen LogP contribution in [-0.4, -0.2) is 66.9 Å². The highest BCUT2D eigenvalue weighted by Crippen LogP contribution is 2.18. The van der Waals surface area contributed by atoms with Gasteiger partial charge in [0.25, 0.3) is 0 Å². The lowest BCUT2D eigenvalue weighted by Crippen LogP contribution is -2.48. The van der Waals surface area contributed by atoms with Gasteiger partial charge in [-0.25, -0.2) is 4.79 Å². The molecule has 6 nitrogen and oxygen atoms in total. The van der Waals surface area contributed by atoms with Crippen LogP contribution in [0.5, 0.6) is 0 Å². The maximum absolute atomic E-state index is 11.9. The zero-order valence-corrected chi connectivity index (χ0v) is 12.9. The fourth-order valence-corrected chi connectivity index (χ4v) is 2.67. The van der Waals surface area contributed by atoms with E-state index >= 15 is 0 Å². The quantitative estimate of drug-likeness (QED) is 0.660. The summed E-state index contributed by atoms with van der Waals surface area (Å²) >= 11 is 1.83. The molecule has 2 unspecified atom stereocenters. The van der Waals surface area contributed by atoms with Crippen molar-refractivity contribution >= 4 is 23.8 Å². The monoisotopic (exact) mass is 304 g/mol. The van der Waals surface area contributed by atoms with E-state index < -0.39 is 11.9 Å². The maximum Gasteiger partial charge on any atom is 0.317 e. The fraction of sp³-hybridized carbons (Fsp3) is 0.846. The van der Waals surface area contributed by atoms with E-state index in [4.69, 9.17) is 9.84 Å². The Bertz CT molecular complexity index is 327. The number of likely N-dealkylation sites (N-methyl/N-ethyl adjacent to an activating group) is 1. The molecule has 0 aliphatic carbocycles. The number of thioether (sulfide) groups is 1. The lowest BCUT2D eigenvalue weighted by molar-refractivity contribution is -0.142. The molecule has 0 bridgehead atoms. The molecule has 2 amide bonds. The molecule has 0 saturated carbocycles. The summed E-state index contributed by atoms with van der Waals surface area (Å²) in [4.78, 5) is 24.5. The van der Waals surface area contributed by atoms with Crippen molar-refractivity contribution < 1.29 is 19.4 Å². The molecule has 0 radical (unpaired) electrons. The van der Waals surface area contributed by atoms with Gasteiger partial charge in [0.05, 0.1) is 19.3 Å². The molecule has 1 saturated heterocycles. The minimum atomic E-state index is -0.913. The zero-order chi connectivity index (χ0) is 15.0. The second-order valence-electron chi connectivity index (χ2n) is 4.95. The van der Waals surface area contributed by atoms with Gasteiger partial charge in [0.1, 0.15) is 5.92 Å². The molecule has 0 aromatic carbocycles. The number of amides is 2. The summed E-state index contributed by atoms with van der Waals surface area (Å²) in [6.07, 6.45) is 5.28. The second-order valence-corrected chi connectivity index (χ2v) is 5.93. The third kappa shape index (κ3) is 5.20. The minimum absolute atomic E-state index is 0.173. The molecule has 116 valence electrons. The molecule has 20 heavy (non-hydrogen) atoms. The first-order valence-electron chi connectivity index (χ1n) is 6.88. The van der Waals surface area contributed by atoms with Crippen LogP contribution in [0.3, 0.4) is 0 Å². The number of carbonyl (C=O) groups excluding carboxylic acids is 1. The highest BCUT2D eigenvalue weighted by Gasteiger charge is 2.38. The molecule has 1 fully saturated rings. The van der Waals surface area contributed by atoms with Crippen molar-refractivity contribution in [3.05, 3.63) is 0 Å². The van der Waals surface area contributed by atoms with Crippen LogP contribution in [0.2, 0.25) is 0 Å². The molecular formula is C13H24N2O4S. The summed E-state index contributed by atoms with van der Waals surface area (Å²) in [5.74, 6) is -0.398. The van der Waals surface area contributed by atoms with Gasteiger partial charge >= 0.3 is 12.0 Å². The summed E-state index contributed by atoms with van der Waals surface area (Å²) in [7, 11) is 1.62. The lowest BCUT2D eigenvalue weighted by atomic mass is 10.0. The summed E-state index contributed by atoms with van der Waals surface area (Å²) in [5.41, 5.74) is 0. The van der Waals surface area contributed by atoms with Crippen molar-refractivity contribution in [3.63, 3.8) is 0 Å². The number of hydrogen-bond donors (Lipinski definition) is 2. The number of carboxylic acid groups (broad SMARTS) is 1. The molecular weight excluding hydrogens is 280 g/mol. The molecule has 2 atom stereocenters. The van der Waals surface area contributed by atoms with Crippen LogP contribution in [0.4, 0.5) is 4.79 Å². The van der Waals surface area contributed by atoms with E-state index in [1.54, 1.807) is 7.05 Å². The largest absolute Gasteiger partial charge is 0.481 e. The van der Waals surface area contributed by atoms with Crippen molar-refractivity contribution in [1.82, 2.24) is 10.2 Å². The molecule has 2 N–H and O–H groups in total. The number of rotatable bonds is 8. The Labute approximate surface area is 124 Å². The van der Waals surface area contributed by atoms with E-state index in [0.717, 1.165) is 25.0 Å². The fourth-order valence-electron chi connectivity index (χ4n) is 2.18. The van der Waals surface area contributed by atoms with Crippen molar-refractivity contribution in [1.29, 1.82) is 0 Å². The Kier molecular flexibility index (Phi) is 7.76. The van der Waals surface area contributed by atoms with E-state index in [0.29, 0.717) is 6.54 Å². The number of carboxylic acids is 1. The third-order valence-electron chi connectivity index (χ3n) is 3.49. The topological polar surface area (TPSA) is 78.9 Å². The van der Waals surface area contributed by atoms with E-state index in [2.05, 4.69) is 11.6 Å². The summed E-state index contributed by atoms with van der Waals surface area (Å²) in [6.45, 7) is 1.09. The second kappa shape index (κ2) is 9.07. The van der Waals surface area contributed by atoms with Gasteiger partial charge in [0.2, 0.25) is 0 Å². The highest BCUT2D eigenvalue weighted by atomic mass is 32.2. The number of unbranched alkanes of at least 4 members (excludes halogenated alkanes) is 2.